The van der Waals surface area contributed by atoms with Gasteiger partial charge >= 0.3 is 0 Å². The van der Waals surface area contributed by atoms with Gasteiger partial charge in [-0.15, -0.1) is 0 Å². The summed E-state index contributed by atoms with van der Waals surface area (Å²) >= 11 is 0. The van der Waals surface area contributed by atoms with Gasteiger partial charge in [0.1, 0.15) is 5.75 Å². The molecule has 3 rings (SSSR count). The number of benzene rings is 1. The number of rotatable bonds is 5. The van der Waals surface area contributed by atoms with Gasteiger partial charge in [0.25, 0.3) is 5.56 Å². The van der Waals surface area contributed by atoms with Crippen molar-refractivity contribution in [1.29, 1.82) is 0 Å². The average Bonchev–Trinajstić information content (AvgIpc) is 2.62. The quantitative estimate of drug-likeness (QED) is 0.747. The number of aromatic hydroxyl groups is 1. The number of aromatic nitrogens is 2. The van der Waals surface area contributed by atoms with Gasteiger partial charge in [-0.05, 0) is 29.7 Å². The first-order chi connectivity index (χ1) is 12.0. The summed E-state index contributed by atoms with van der Waals surface area (Å²) in [4.78, 5) is 16.7. The minimum Gasteiger partial charge on any atom is -0.503 e. The Kier molecular flexibility index (Phi) is 4.61. The zero-order valence-corrected chi connectivity index (χ0v) is 14.5. The molecule has 130 valence electrons. The van der Waals surface area contributed by atoms with Crippen molar-refractivity contribution >= 4 is 11.3 Å². The van der Waals surface area contributed by atoms with Crippen molar-refractivity contribution in [3.05, 3.63) is 64.2 Å². The molecular weight excluding hydrogens is 318 g/mol. The minimum absolute atomic E-state index is 0.0385. The highest BCUT2D eigenvalue weighted by atomic mass is 16.5. The van der Waals surface area contributed by atoms with Crippen LogP contribution < -0.4 is 15.6 Å². The molecule has 0 unspecified atom stereocenters. The van der Waals surface area contributed by atoms with Crippen molar-refractivity contribution in [3.63, 3.8) is 0 Å². The highest BCUT2D eigenvalue weighted by Crippen LogP contribution is 2.27. The molecule has 0 aliphatic rings. The Balaban J connectivity index is 1.88. The molecule has 6 nitrogen and oxygen atoms in total. The topological polar surface area (TPSA) is 75.9 Å². The lowest BCUT2D eigenvalue weighted by atomic mass is 10.1. The molecule has 0 radical (unpaired) electrons. The van der Waals surface area contributed by atoms with Crippen molar-refractivity contribution < 1.29 is 9.84 Å². The van der Waals surface area contributed by atoms with Crippen LogP contribution in [-0.4, -0.2) is 21.6 Å². The van der Waals surface area contributed by atoms with Crippen LogP contribution in [0.1, 0.15) is 30.9 Å². The molecule has 6 heteroatoms. The second kappa shape index (κ2) is 6.84. The van der Waals surface area contributed by atoms with E-state index in [9.17, 15) is 9.90 Å². The Bertz CT molecular complexity index is 947. The molecule has 0 atom stereocenters. The third-order valence-corrected chi connectivity index (χ3v) is 4.14. The van der Waals surface area contributed by atoms with Crippen LogP contribution in [0.5, 0.6) is 11.5 Å². The molecule has 1 aromatic carbocycles. The van der Waals surface area contributed by atoms with Crippen LogP contribution in [-0.2, 0) is 6.54 Å². The molecule has 0 fully saturated rings. The zero-order valence-electron chi connectivity index (χ0n) is 14.5. The van der Waals surface area contributed by atoms with Crippen LogP contribution in [0.3, 0.4) is 0 Å². The van der Waals surface area contributed by atoms with Crippen molar-refractivity contribution in [2.45, 2.75) is 26.3 Å². The Morgan fingerprint density at radius 3 is 2.60 bits per heavy atom. The summed E-state index contributed by atoms with van der Waals surface area (Å²) in [7, 11) is 1.63. The lowest BCUT2D eigenvalue weighted by molar-refractivity contribution is 0.414. The number of methoxy groups -OCH3 is 1. The molecule has 0 aliphatic heterocycles. The summed E-state index contributed by atoms with van der Waals surface area (Å²) < 4.78 is 6.51. The monoisotopic (exact) mass is 339 g/mol. The molecular formula is C19H21N3O3. The summed E-state index contributed by atoms with van der Waals surface area (Å²) in [5, 5.41) is 13.6. The van der Waals surface area contributed by atoms with Crippen molar-refractivity contribution in [2.75, 3.05) is 12.4 Å². The maximum Gasteiger partial charge on any atom is 0.261 e. The fourth-order valence-corrected chi connectivity index (χ4v) is 2.62. The van der Waals surface area contributed by atoms with E-state index in [4.69, 9.17) is 4.74 Å². The van der Waals surface area contributed by atoms with Gasteiger partial charge < -0.3 is 15.2 Å². The van der Waals surface area contributed by atoms with E-state index < -0.39 is 0 Å². The first-order valence-electron chi connectivity index (χ1n) is 8.11. The zero-order chi connectivity index (χ0) is 18.0. The first kappa shape index (κ1) is 16.8. The smallest absolute Gasteiger partial charge is 0.261 e. The first-order valence-corrected chi connectivity index (χ1v) is 8.11. The SMILES string of the molecule is COc1ccc(CNc2ccn3c(=O)c(C(C)C)cnc3c2O)cc1. The minimum atomic E-state index is -0.156. The number of fused-ring (bicyclic) bond motifs is 1. The van der Waals surface area contributed by atoms with Gasteiger partial charge in [-0.3, -0.25) is 9.20 Å². The third-order valence-electron chi connectivity index (χ3n) is 4.14. The average molecular weight is 339 g/mol. The number of pyridine rings is 1. The number of nitrogens with one attached hydrogen (secondary N) is 1. The number of hydrogen-bond acceptors (Lipinski definition) is 5. The van der Waals surface area contributed by atoms with E-state index in [0.29, 0.717) is 17.8 Å². The Hall–Kier alpha value is -3.02. The van der Waals surface area contributed by atoms with E-state index in [-0.39, 0.29) is 22.9 Å². The summed E-state index contributed by atoms with van der Waals surface area (Å²) in [5.74, 6) is 0.831. The molecule has 0 aliphatic carbocycles. The lowest BCUT2D eigenvalue weighted by Gasteiger charge is -2.12. The van der Waals surface area contributed by atoms with Gasteiger partial charge in [0, 0.05) is 24.5 Å². The standard InChI is InChI=1S/C19H21N3O3/c1-12(2)15-11-21-18-17(23)16(8-9-22(18)19(15)24)20-10-13-4-6-14(25-3)7-5-13/h4-9,11-12,20,23H,10H2,1-3H3. The summed E-state index contributed by atoms with van der Waals surface area (Å²) in [5.41, 5.74) is 2.28. The van der Waals surface area contributed by atoms with E-state index in [1.165, 1.54) is 10.6 Å². The third kappa shape index (κ3) is 3.28. The Morgan fingerprint density at radius 2 is 1.96 bits per heavy atom. The van der Waals surface area contributed by atoms with E-state index in [1.807, 2.05) is 38.1 Å². The highest BCUT2D eigenvalue weighted by molar-refractivity contribution is 5.69. The summed E-state index contributed by atoms with van der Waals surface area (Å²) in [6.07, 6.45) is 3.17. The van der Waals surface area contributed by atoms with Gasteiger partial charge in [-0.2, -0.15) is 0 Å². The molecule has 2 N–H and O–H groups in total. The molecule has 0 amide bonds. The molecule has 3 aromatic rings. The van der Waals surface area contributed by atoms with Gasteiger partial charge in [0.05, 0.1) is 12.8 Å². The molecule has 0 saturated carbocycles. The number of nitrogens with zero attached hydrogens (tertiary/aromatic N) is 2. The predicted molar refractivity (Wildman–Crippen MR) is 97.5 cm³/mol. The number of hydrogen-bond donors (Lipinski definition) is 2. The van der Waals surface area contributed by atoms with Crippen LogP contribution in [0.2, 0.25) is 0 Å². The van der Waals surface area contributed by atoms with E-state index in [0.717, 1.165) is 11.3 Å². The second-order valence-electron chi connectivity index (χ2n) is 6.15. The predicted octanol–water partition coefficient (Wildman–Crippen LogP) is 3.14. The molecule has 0 saturated heterocycles. The Morgan fingerprint density at radius 1 is 1.24 bits per heavy atom. The lowest BCUT2D eigenvalue weighted by Crippen LogP contribution is -2.20. The second-order valence-corrected chi connectivity index (χ2v) is 6.15. The van der Waals surface area contributed by atoms with Gasteiger partial charge in [0.15, 0.2) is 11.4 Å². The van der Waals surface area contributed by atoms with Crippen LogP contribution >= 0.6 is 0 Å². The summed E-state index contributed by atoms with van der Waals surface area (Å²) in [6, 6.07) is 9.33. The molecule has 0 bridgehead atoms. The fourth-order valence-electron chi connectivity index (χ4n) is 2.62. The Labute approximate surface area is 145 Å². The van der Waals surface area contributed by atoms with E-state index in [1.54, 1.807) is 19.4 Å². The number of anilines is 1. The summed E-state index contributed by atoms with van der Waals surface area (Å²) in [6.45, 7) is 4.41. The normalized spacial score (nSPS) is 11.0. The van der Waals surface area contributed by atoms with E-state index in [2.05, 4.69) is 10.3 Å². The van der Waals surface area contributed by atoms with Crippen LogP contribution in [0, 0.1) is 0 Å². The molecule has 2 aromatic heterocycles. The molecule has 25 heavy (non-hydrogen) atoms. The van der Waals surface area contributed by atoms with Crippen molar-refractivity contribution in [3.8, 4) is 11.5 Å². The largest absolute Gasteiger partial charge is 0.503 e. The highest BCUT2D eigenvalue weighted by Gasteiger charge is 2.13. The maximum absolute atomic E-state index is 12.5. The van der Waals surface area contributed by atoms with Gasteiger partial charge in [-0.1, -0.05) is 26.0 Å². The van der Waals surface area contributed by atoms with Gasteiger partial charge in [-0.25, -0.2) is 4.98 Å². The van der Waals surface area contributed by atoms with Crippen LogP contribution in [0.25, 0.3) is 5.65 Å². The van der Waals surface area contributed by atoms with Crippen LogP contribution in [0.4, 0.5) is 5.69 Å². The van der Waals surface area contributed by atoms with Crippen molar-refractivity contribution in [2.24, 2.45) is 0 Å². The van der Waals surface area contributed by atoms with E-state index >= 15 is 0 Å². The van der Waals surface area contributed by atoms with Crippen LogP contribution in [0.15, 0.2) is 47.5 Å². The maximum atomic E-state index is 12.5. The van der Waals surface area contributed by atoms with Crippen molar-refractivity contribution in [1.82, 2.24) is 9.38 Å². The van der Waals surface area contributed by atoms with Gasteiger partial charge in [0.2, 0.25) is 0 Å². The molecule has 0 spiro atoms. The fraction of sp³-hybridized carbons (Fsp3) is 0.263. The number of ether oxygens (including phenoxy) is 1. The molecule has 2 heterocycles.